The average Bonchev–Trinajstić information content (AvgIpc) is 3.28. The number of benzene rings is 3. The summed E-state index contributed by atoms with van der Waals surface area (Å²) in [6.45, 7) is 3.91. The second kappa shape index (κ2) is 9.34. The third kappa shape index (κ3) is 5.13. The summed E-state index contributed by atoms with van der Waals surface area (Å²) < 4.78 is 16.5. The van der Waals surface area contributed by atoms with Crippen LogP contribution in [0, 0.1) is 13.8 Å². The molecule has 0 fully saturated rings. The number of carbonyl (C=O) groups is 1. The normalized spacial score (nSPS) is 10.6. The zero-order valence-electron chi connectivity index (χ0n) is 18.1. The quantitative estimate of drug-likeness (QED) is 0.443. The molecule has 0 saturated heterocycles. The van der Waals surface area contributed by atoms with E-state index in [0.717, 1.165) is 28.0 Å². The number of amides is 1. The average molecular weight is 429 g/mol. The highest BCUT2D eigenvalue weighted by Gasteiger charge is 2.11. The fourth-order valence-corrected chi connectivity index (χ4v) is 3.25. The third-order valence-corrected chi connectivity index (χ3v) is 4.74. The Morgan fingerprint density at radius 2 is 1.41 bits per heavy atom. The van der Waals surface area contributed by atoms with Gasteiger partial charge in [-0.1, -0.05) is 6.07 Å². The summed E-state index contributed by atoms with van der Waals surface area (Å²) in [5.41, 5.74) is 4.39. The van der Waals surface area contributed by atoms with E-state index in [1.165, 1.54) is 0 Å². The fraction of sp³-hybridized carbons (Fsp3) is 0.160. The molecule has 0 spiro atoms. The number of hydrogen-bond acceptors (Lipinski definition) is 6. The van der Waals surface area contributed by atoms with Crippen molar-refractivity contribution >= 4 is 11.6 Å². The molecule has 4 aromatic rings. The fourth-order valence-electron chi connectivity index (χ4n) is 3.25. The molecule has 0 bridgehead atoms. The summed E-state index contributed by atoms with van der Waals surface area (Å²) in [6.07, 6.45) is 0. The Kier molecular flexibility index (Phi) is 6.17. The molecule has 0 aliphatic rings. The second-order valence-corrected chi connectivity index (χ2v) is 7.38. The first kappa shape index (κ1) is 21.1. The van der Waals surface area contributed by atoms with Crippen molar-refractivity contribution in [3.05, 3.63) is 77.9 Å². The highest BCUT2D eigenvalue weighted by atomic mass is 16.5. The number of carbonyl (C=O) groups excluding carboxylic acids is 1. The zero-order valence-corrected chi connectivity index (χ0v) is 18.1. The Bertz CT molecular complexity index is 1190. The van der Waals surface area contributed by atoms with E-state index in [-0.39, 0.29) is 12.5 Å². The van der Waals surface area contributed by atoms with Gasteiger partial charge in [0.2, 0.25) is 11.8 Å². The molecule has 1 heterocycles. The van der Waals surface area contributed by atoms with Crippen LogP contribution < -0.4 is 14.8 Å². The van der Waals surface area contributed by atoms with E-state index < -0.39 is 0 Å². The van der Waals surface area contributed by atoms with E-state index in [0.29, 0.717) is 23.2 Å². The van der Waals surface area contributed by atoms with Gasteiger partial charge in [-0.25, -0.2) is 0 Å². The van der Waals surface area contributed by atoms with Crippen LogP contribution in [0.4, 0.5) is 5.69 Å². The van der Waals surface area contributed by atoms with E-state index in [4.69, 9.17) is 13.9 Å². The molecule has 32 heavy (non-hydrogen) atoms. The van der Waals surface area contributed by atoms with Crippen molar-refractivity contribution in [2.75, 3.05) is 19.0 Å². The molecule has 3 aromatic carbocycles. The number of rotatable bonds is 7. The molecular formula is C25H23N3O4. The minimum Gasteiger partial charge on any atom is -0.497 e. The number of aryl methyl sites for hydroxylation is 2. The van der Waals surface area contributed by atoms with Crippen LogP contribution >= 0.6 is 0 Å². The van der Waals surface area contributed by atoms with Crippen molar-refractivity contribution in [2.24, 2.45) is 0 Å². The molecule has 162 valence electrons. The number of anilines is 1. The van der Waals surface area contributed by atoms with Gasteiger partial charge < -0.3 is 19.2 Å². The van der Waals surface area contributed by atoms with Crippen LogP contribution in [0.5, 0.6) is 11.5 Å². The molecule has 0 unspecified atom stereocenters. The summed E-state index contributed by atoms with van der Waals surface area (Å²) in [5, 5.41) is 11.0. The maximum absolute atomic E-state index is 12.2. The molecule has 0 saturated carbocycles. The molecular weight excluding hydrogens is 406 g/mol. The number of hydrogen-bond donors (Lipinski definition) is 1. The topological polar surface area (TPSA) is 86.5 Å². The van der Waals surface area contributed by atoms with Crippen molar-refractivity contribution in [3.8, 4) is 34.4 Å². The molecule has 0 aliphatic heterocycles. The first-order chi connectivity index (χ1) is 15.5. The van der Waals surface area contributed by atoms with Crippen molar-refractivity contribution in [1.82, 2.24) is 10.2 Å². The maximum atomic E-state index is 12.2. The second-order valence-electron chi connectivity index (χ2n) is 7.38. The maximum Gasteiger partial charge on any atom is 0.262 e. The molecule has 7 nitrogen and oxygen atoms in total. The van der Waals surface area contributed by atoms with Crippen LogP contribution in [0.2, 0.25) is 0 Å². The number of nitrogens with zero attached hydrogens (tertiary/aromatic N) is 2. The number of methoxy groups -OCH3 is 1. The van der Waals surface area contributed by atoms with E-state index in [2.05, 4.69) is 21.6 Å². The smallest absolute Gasteiger partial charge is 0.262 e. The van der Waals surface area contributed by atoms with Crippen LogP contribution in [-0.4, -0.2) is 29.8 Å². The molecule has 0 radical (unpaired) electrons. The summed E-state index contributed by atoms with van der Waals surface area (Å²) in [4.78, 5) is 12.2. The Morgan fingerprint density at radius 3 is 1.97 bits per heavy atom. The Hall–Kier alpha value is -4.13. The van der Waals surface area contributed by atoms with Crippen LogP contribution in [0.3, 0.4) is 0 Å². The van der Waals surface area contributed by atoms with Crippen molar-refractivity contribution < 1.29 is 18.7 Å². The summed E-state index contributed by atoms with van der Waals surface area (Å²) in [6, 6.07) is 20.4. The van der Waals surface area contributed by atoms with E-state index in [1.54, 1.807) is 19.2 Å². The van der Waals surface area contributed by atoms with Crippen molar-refractivity contribution in [3.63, 3.8) is 0 Å². The van der Waals surface area contributed by atoms with Gasteiger partial charge in [0.1, 0.15) is 11.5 Å². The van der Waals surface area contributed by atoms with Crippen molar-refractivity contribution in [2.45, 2.75) is 13.8 Å². The number of ether oxygens (including phenoxy) is 2. The Balaban J connectivity index is 1.36. The number of nitrogens with one attached hydrogen (secondary N) is 1. The minimum atomic E-state index is -0.239. The van der Waals surface area contributed by atoms with Crippen LogP contribution in [0.1, 0.15) is 11.1 Å². The van der Waals surface area contributed by atoms with Gasteiger partial charge in [0.15, 0.2) is 6.61 Å². The lowest BCUT2D eigenvalue weighted by atomic mass is 10.1. The molecule has 4 rings (SSSR count). The molecule has 1 amide bonds. The van der Waals surface area contributed by atoms with Gasteiger partial charge in [-0.3, -0.25) is 4.79 Å². The predicted octanol–water partition coefficient (Wildman–Crippen LogP) is 5.05. The summed E-state index contributed by atoms with van der Waals surface area (Å²) in [5.74, 6) is 2.01. The summed E-state index contributed by atoms with van der Waals surface area (Å²) in [7, 11) is 1.61. The standard InChI is InChI=1S/C25H23N3O4/c1-16-12-17(2)14-22(13-16)31-15-23(29)26-20-8-4-18(5-9-20)24-27-28-25(32-24)19-6-10-21(30-3)11-7-19/h4-14H,15H2,1-3H3,(H,26,29). The van der Waals surface area contributed by atoms with E-state index >= 15 is 0 Å². The lowest BCUT2D eigenvalue weighted by Crippen LogP contribution is -2.20. The van der Waals surface area contributed by atoms with Gasteiger partial charge in [0.05, 0.1) is 7.11 Å². The lowest BCUT2D eigenvalue weighted by molar-refractivity contribution is -0.118. The molecule has 1 N–H and O–H groups in total. The van der Waals surface area contributed by atoms with Gasteiger partial charge in [0, 0.05) is 16.8 Å². The van der Waals surface area contributed by atoms with Gasteiger partial charge in [-0.15, -0.1) is 10.2 Å². The Morgan fingerprint density at radius 1 is 0.844 bits per heavy atom. The van der Waals surface area contributed by atoms with Crippen LogP contribution in [-0.2, 0) is 4.79 Å². The minimum absolute atomic E-state index is 0.0699. The summed E-state index contributed by atoms with van der Waals surface area (Å²) >= 11 is 0. The first-order valence-corrected chi connectivity index (χ1v) is 10.1. The van der Waals surface area contributed by atoms with Gasteiger partial charge in [-0.05, 0) is 85.6 Å². The SMILES string of the molecule is COc1ccc(-c2nnc(-c3ccc(NC(=O)COc4cc(C)cc(C)c4)cc3)o2)cc1. The van der Waals surface area contributed by atoms with Gasteiger partial charge >= 0.3 is 0 Å². The van der Waals surface area contributed by atoms with E-state index in [9.17, 15) is 4.79 Å². The van der Waals surface area contributed by atoms with Crippen LogP contribution in [0.15, 0.2) is 71.1 Å². The molecule has 1 aromatic heterocycles. The lowest BCUT2D eigenvalue weighted by Gasteiger charge is -2.09. The van der Waals surface area contributed by atoms with E-state index in [1.807, 2.05) is 62.4 Å². The third-order valence-electron chi connectivity index (χ3n) is 4.74. The zero-order chi connectivity index (χ0) is 22.5. The molecule has 0 atom stereocenters. The Labute approximate surface area is 186 Å². The highest BCUT2D eigenvalue weighted by molar-refractivity contribution is 5.92. The molecule has 0 aliphatic carbocycles. The van der Waals surface area contributed by atoms with Crippen molar-refractivity contribution in [1.29, 1.82) is 0 Å². The highest BCUT2D eigenvalue weighted by Crippen LogP contribution is 2.26. The monoisotopic (exact) mass is 429 g/mol. The van der Waals surface area contributed by atoms with Gasteiger partial charge in [0.25, 0.3) is 5.91 Å². The number of aromatic nitrogens is 2. The molecule has 7 heteroatoms. The van der Waals surface area contributed by atoms with Crippen LogP contribution in [0.25, 0.3) is 22.9 Å². The largest absolute Gasteiger partial charge is 0.497 e. The van der Waals surface area contributed by atoms with Gasteiger partial charge in [-0.2, -0.15) is 0 Å². The first-order valence-electron chi connectivity index (χ1n) is 10.1. The predicted molar refractivity (Wildman–Crippen MR) is 122 cm³/mol.